The third-order valence-corrected chi connectivity index (χ3v) is 12.9. The number of ether oxygens (including phenoxy) is 6. The number of amides is 1. The number of phosphoric ester groups is 3. The normalized spacial score (nSPS) is 28.8. The number of imidazole rings is 1. The van der Waals surface area contributed by atoms with Gasteiger partial charge in [-0.1, -0.05) is 27.4 Å². The van der Waals surface area contributed by atoms with Gasteiger partial charge in [-0.3, -0.25) is 37.3 Å². The standard InChI is InChI=1S/C17H28N5O8P.C12H17N2O9P.C10H15N2O8P.CH4/c1-2-3-6-28-7-4-5-18-15-12-16(20-9-19-15)22(10-21-12)17-14(24)13(23)11(30-17)8-29-31(25,26)27;1-12(2)22-8-6(5-20-24(17,18)19)21-10(9(8)23-12)14-4-3-7(15)13-11(14)16;1-5-11-7(13)2-3-12(5)10-9(15)8(14)6(20-10)4-19-21(16,17)18;/h9-11,13-14,17,23-24H,2-8H2,1H3,(H,18,19,20)(H2,25,26,27);3-4,6,8-10H,5H2,1-2H3,(H,13,15,16)(H2,17,18,19);2-3,6,8-10,14-15H,1,4H2,(H,11,13)(H2,16,17,18);1H4/t11-,13-,14-,17-;6-,8-,9?,10-;6-,8-,9-,10-;/m111./s1. The number of phosphoric acid groups is 3. The number of aliphatic hydroxyl groups is 4. The molecule has 5 aliphatic rings. The van der Waals surface area contributed by atoms with Crippen LogP contribution in [0.5, 0.6) is 0 Å². The largest absolute Gasteiger partial charge is 0.469 e. The number of aliphatic hydroxyl groups excluding tert-OH is 4. The Morgan fingerprint density at radius 3 is 1.90 bits per heavy atom. The first-order chi connectivity index (χ1) is 35.6. The summed E-state index contributed by atoms with van der Waals surface area (Å²) < 4.78 is 81.6. The maximum Gasteiger partial charge on any atom is 0.469 e. The van der Waals surface area contributed by atoms with Crippen LogP contribution in [0.25, 0.3) is 11.2 Å². The third-order valence-electron chi connectivity index (χ3n) is 11.4. The van der Waals surface area contributed by atoms with Crippen LogP contribution in [0, 0.1) is 0 Å². The minimum atomic E-state index is -4.74. The van der Waals surface area contributed by atoms with Crippen LogP contribution in [-0.4, -0.2) is 196 Å². The summed E-state index contributed by atoms with van der Waals surface area (Å²) in [4.78, 5) is 103. The van der Waals surface area contributed by atoms with E-state index in [1.807, 2.05) is 0 Å². The first-order valence-corrected chi connectivity index (χ1v) is 27.6. The van der Waals surface area contributed by atoms with E-state index in [0.29, 0.717) is 30.1 Å². The lowest BCUT2D eigenvalue weighted by atomic mass is 10.1. The lowest BCUT2D eigenvalue weighted by Gasteiger charge is -2.32. The Hall–Kier alpha value is -4.29. The van der Waals surface area contributed by atoms with Gasteiger partial charge in [0.25, 0.3) is 11.5 Å². The molecule has 1 unspecified atom stereocenters. The van der Waals surface area contributed by atoms with Crippen LogP contribution in [0.15, 0.2) is 59.2 Å². The molecular weight excluding hydrogens is 1100 g/mol. The van der Waals surface area contributed by atoms with Crippen molar-refractivity contribution in [3.8, 4) is 0 Å². The van der Waals surface area contributed by atoms with E-state index in [1.165, 1.54) is 40.6 Å². The highest BCUT2D eigenvalue weighted by Crippen LogP contribution is 2.45. The lowest BCUT2D eigenvalue weighted by molar-refractivity contribution is -0.200. The van der Waals surface area contributed by atoms with Gasteiger partial charge in [0.1, 0.15) is 67.1 Å². The summed E-state index contributed by atoms with van der Waals surface area (Å²) in [5, 5.41) is 45.9. The molecule has 0 aliphatic carbocycles. The summed E-state index contributed by atoms with van der Waals surface area (Å²) in [6.45, 7) is 9.37. The van der Waals surface area contributed by atoms with Crippen molar-refractivity contribution in [3.05, 3.63) is 70.4 Å². The fraction of sp³-hybridized carbons (Fsp3) is 0.650. The molecule has 8 heterocycles. The van der Waals surface area contributed by atoms with Crippen LogP contribution in [0.3, 0.4) is 0 Å². The molecule has 34 nitrogen and oxygen atoms in total. The predicted molar refractivity (Wildman–Crippen MR) is 259 cm³/mol. The monoisotopic (exact) mass is 1160 g/mol. The third kappa shape index (κ3) is 17.4. The number of carbonyl (C=O) groups is 1. The molecule has 0 radical (unpaired) electrons. The Labute approximate surface area is 437 Å². The molecule has 4 fully saturated rings. The summed E-state index contributed by atoms with van der Waals surface area (Å²) >= 11 is 0. The van der Waals surface area contributed by atoms with Crippen molar-refractivity contribution in [2.75, 3.05) is 44.9 Å². The van der Waals surface area contributed by atoms with E-state index in [0.717, 1.165) is 36.5 Å². The number of anilines is 1. The molecule has 3 aromatic rings. The number of aromatic amines is 1. The zero-order valence-electron chi connectivity index (χ0n) is 40.6. The first kappa shape index (κ1) is 63.5. The molecule has 12 atom stereocenters. The number of nitrogens with zero attached hydrogens (tertiary/aromatic N) is 6. The van der Waals surface area contributed by atoms with Crippen LogP contribution >= 0.6 is 23.5 Å². The van der Waals surface area contributed by atoms with Gasteiger partial charge in [-0.25, -0.2) is 33.4 Å². The fourth-order valence-corrected chi connectivity index (χ4v) is 9.00. The zero-order valence-corrected chi connectivity index (χ0v) is 43.3. The van der Waals surface area contributed by atoms with E-state index in [2.05, 4.69) is 57.6 Å². The van der Waals surface area contributed by atoms with Gasteiger partial charge in [-0.15, -0.1) is 0 Å². The fourth-order valence-electron chi connectivity index (χ4n) is 7.97. The van der Waals surface area contributed by atoms with E-state index >= 15 is 0 Å². The Bertz CT molecular complexity index is 2770. The predicted octanol–water partition coefficient (Wildman–Crippen LogP) is -2.17. The highest BCUT2D eigenvalue weighted by molar-refractivity contribution is 7.46. The van der Waals surface area contributed by atoms with Gasteiger partial charge in [0.15, 0.2) is 41.5 Å². The van der Waals surface area contributed by atoms with Gasteiger partial charge in [0.05, 0.1) is 26.1 Å². The molecule has 1 amide bonds. The SMILES string of the molecule is C.C=C1NC(=O)C=CN1[C@@H]1O[C@H](COP(=O)(O)O)[C@@H](O)[C@H]1O.CC1(C)OC2[C@H](n3ccc(=O)[nH]c3=O)O[C@H](COP(=O)(O)O)[C@H]2O1.CCCCOCCCNc1ncnc2c1ncn2[C@@H]1O[C@H](COP(=O)(O)O)[C@@H](O)[C@H]1O. The number of hydrogen-bond donors (Lipinski definition) is 13. The van der Waals surface area contributed by atoms with Gasteiger partial charge in [-0.05, 0) is 26.7 Å². The first-order valence-electron chi connectivity index (χ1n) is 23.0. The number of fused-ring (bicyclic) bond motifs is 2. The van der Waals surface area contributed by atoms with Crippen molar-refractivity contribution in [3.63, 3.8) is 0 Å². The molecule has 77 heavy (non-hydrogen) atoms. The Balaban J connectivity index is 0.000000216. The van der Waals surface area contributed by atoms with Gasteiger partial charge >= 0.3 is 29.2 Å². The second-order valence-corrected chi connectivity index (χ2v) is 21.3. The van der Waals surface area contributed by atoms with Crippen molar-refractivity contribution in [1.82, 2.24) is 39.3 Å². The molecule has 0 aromatic carbocycles. The summed E-state index contributed by atoms with van der Waals surface area (Å²) in [5.74, 6) is -0.725. The molecule has 3 aromatic heterocycles. The molecule has 37 heteroatoms. The minimum absolute atomic E-state index is 0. The van der Waals surface area contributed by atoms with Crippen LogP contribution in [0.2, 0.25) is 0 Å². The second-order valence-electron chi connectivity index (χ2n) is 17.6. The molecule has 13 N–H and O–H groups in total. The Morgan fingerprint density at radius 1 is 0.753 bits per heavy atom. The molecule has 8 rings (SSSR count). The second kappa shape index (κ2) is 26.8. The zero-order chi connectivity index (χ0) is 55.9. The van der Waals surface area contributed by atoms with E-state index in [4.69, 9.17) is 57.8 Å². The molecule has 434 valence electrons. The summed E-state index contributed by atoms with van der Waals surface area (Å²) in [6, 6.07) is 1.15. The van der Waals surface area contributed by atoms with Gasteiger partial charge in [0.2, 0.25) is 0 Å². The summed E-state index contributed by atoms with van der Waals surface area (Å²) in [7, 11) is -14.1. The number of aromatic nitrogens is 6. The van der Waals surface area contributed by atoms with Crippen molar-refractivity contribution in [1.29, 1.82) is 0 Å². The highest BCUT2D eigenvalue weighted by Gasteiger charge is 2.56. The number of hydrogen-bond acceptors (Lipinski definition) is 24. The van der Waals surface area contributed by atoms with Crippen LogP contribution in [0.4, 0.5) is 5.82 Å². The number of carbonyl (C=O) groups excluding carboxylic acids is 1. The smallest absolute Gasteiger partial charge is 0.387 e. The van der Waals surface area contributed by atoms with E-state index in [9.17, 15) is 48.5 Å². The highest BCUT2D eigenvalue weighted by atomic mass is 31.2. The Morgan fingerprint density at radius 2 is 1.31 bits per heavy atom. The Kier molecular flexibility index (Phi) is 22.1. The van der Waals surface area contributed by atoms with Crippen molar-refractivity contribution in [2.45, 2.75) is 127 Å². The van der Waals surface area contributed by atoms with Gasteiger partial charge < -0.3 is 93.7 Å². The van der Waals surface area contributed by atoms with Crippen LogP contribution < -0.4 is 21.9 Å². The average molecular weight is 1160 g/mol. The van der Waals surface area contributed by atoms with Crippen LogP contribution in [0.1, 0.15) is 59.9 Å². The maximum atomic E-state index is 12.0. The number of H-pyrrole nitrogens is 1. The molecule has 0 saturated carbocycles. The molecule has 4 saturated heterocycles. The minimum Gasteiger partial charge on any atom is -0.387 e. The van der Waals surface area contributed by atoms with Crippen LogP contribution in [-0.2, 0) is 60.5 Å². The molecule has 5 aliphatic heterocycles. The molecular formula is C40H64N9O25P3. The van der Waals surface area contributed by atoms with Crippen molar-refractivity contribution in [2.24, 2.45) is 0 Å². The van der Waals surface area contributed by atoms with Gasteiger partial charge in [-0.2, -0.15) is 0 Å². The summed E-state index contributed by atoms with van der Waals surface area (Å²) in [5.41, 5.74) is -0.439. The summed E-state index contributed by atoms with van der Waals surface area (Å²) in [6.07, 6.45) is -3.85. The van der Waals surface area contributed by atoms with Crippen molar-refractivity contribution < 1.29 is 110 Å². The quantitative estimate of drug-likeness (QED) is 0.0423. The van der Waals surface area contributed by atoms with E-state index in [1.54, 1.807) is 13.8 Å². The number of rotatable bonds is 20. The van der Waals surface area contributed by atoms with E-state index in [-0.39, 0.29) is 13.2 Å². The van der Waals surface area contributed by atoms with E-state index < -0.39 is 140 Å². The molecule has 0 spiro atoms. The molecule has 0 bridgehead atoms. The maximum absolute atomic E-state index is 12.0. The number of nitrogens with one attached hydrogen (secondary N) is 3. The average Bonchev–Trinajstić information content (AvgIpc) is 4.12. The topological polar surface area (TPSA) is 479 Å². The number of unbranched alkanes of at least 4 members (excludes halogenated alkanes) is 1. The van der Waals surface area contributed by atoms with Crippen molar-refractivity contribution >= 4 is 46.4 Å². The van der Waals surface area contributed by atoms with Gasteiger partial charge in [0, 0.05) is 44.3 Å². The lowest BCUT2D eigenvalue weighted by Crippen LogP contribution is -2.46.